The molecule has 1 aromatic rings. The SMILES string of the molecule is C=CC(=C)/C=C\C=C(/C)CCCc1cc(C(C)(C)C)cc(C(C)(C)C)c1. The third kappa shape index (κ3) is 7.60. The van der Waals surface area contributed by atoms with Crippen molar-refractivity contribution in [2.75, 3.05) is 0 Å². The Hall–Kier alpha value is -1.82. The van der Waals surface area contributed by atoms with Gasteiger partial charge < -0.3 is 0 Å². The van der Waals surface area contributed by atoms with E-state index in [4.69, 9.17) is 0 Å². The van der Waals surface area contributed by atoms with E-state index in [0.717, 1.165) is 18.4 Å². The van der Waals surface area contributed by atoms with Crippen molar-refractivity contribution in [2.24, 2.45) is 0 Å². The lowest BCUT2D eigenvalue weighted by molar-refractivity contribution is 0.566. The van der Waals surface area contributed by atoms with Gasteiger partial charge in [-0.15, -0.1) is 0 Å². The fourth-order valence-electron chi connectivity index (χ4n) is 2.76. The standard InChI is InChI=1S/C26H38/c1-10-20(2)13-11-14-21(3)15-12-16-22-17-23(25(4,5)6)19-24(18-22)26(7,8)9/h10-11,13-14,17-19H,1-2,12,15-16H2,3-9H3/b13-11-,21-14+. The van der Waals surface area contributed by atoms with Crippen molar-refractivity contribution in [3.63, 3.8) is 0 Å². The highest BCUT2D eigenvalue weighted by atomic mass is 14.2. The van der Waals surface area contributed by atoms with Gasteiger partial charge in [-0.25, -0.2) is 0 Å². The van der Waals surface area contributed by atoms with Crippen LogP contribution < -0.4 is 0 Å². The quantitative estimate of drug-likeness (QED) is 0.439. The Morgan fingerprint density at radius 3 is 1.96 bits per heavy atom. The lowest BCUT2D eigenvalue weighted by atomic mass is 9.79. The molecule has 0 amide bonds. The second-order valence-corrected chi connectivity index (χ2v) is 9.42. The topological polar surface area (TPSA) is 0 Å². The number of rotatable bonds is 7. The molecule has 0 saturated heterocycles. The lowest BCUT2D eigenvalue weighted by Gasteiger charge is -2.26. The van der Waals surface area contributed by atoms with Crippen molar-refractivity contribution in [1.82, 2.24) is 0 Å². The molecule has 0 aliphatic carbocycles. The van der Waals surface area contributed by atoms with Crippen LogP contribution in [0.4, 0.5) is 0 Å². The predicted molar refractivity (Wildman–Crippen MR) is 119 cm³/mol. The second kappa shape index (κ2) is 9.21. The van der Waals surface area contributed by atoms with Crippen LogP contribution in [0, 0.1) is 0 Å². The molecule has 0 aliphatic rings. The molecule has 0 bridgehead atoms. The number of hydrogen-bond donors (Lipinski definition) is 0. The zero-order chi connectivity index (χ0) is 20.0. The average Bonchev–Trinajstić information content (AvgIpc) is 2.52. The van der Waals surface area contributed by atoms with E-state index in [2.05, 4.69) is 92.0 Å². The van der Waals surface area contributed by atoms with Crippen LogP contribution in [0.1, 0.15) is 78.0 Å². The highest BCUT2D eigenvalue weighted by Gasteiger charge is 2.20. The van der Waals surface area contributed by atoms with E-state index in [1.807, 2.05) is 6.08 Å². The van der Waals surface area contributed by atoms with Crippen molar-refractivity contribution in [3.8, 4) is 0 Å². The Balaban J connectivity index is 2.84. The molecule has 1 rings (SSSR count). The molecule has 0 heterocycles. The molecule has 0 spiro atoms. The first-order chi connectivity index (χ1) is 11.9. The molecule has 0 nitrogen and oxygen atoms in total. The van der Waals surface area contributed by atoms with E-state index in [9.17, 15) is 0 Å². The average molecular weight is 351 g/mol. The van der Waals surface area contributed by atoms with Gasteiger partial charge in [-0.05, 0) is 59.3 Å². The van der Waals surface area contributed by atoms with Gasteiger partial charge in [0.2, 0.25) is 0 Å². The zero-order valence-electron chi connectivity index (χ0n) is 18.1. The molecule has 0 heteroatoms. The summed E-state index contributed by atoms with van der Waals surface area (Å²) in [5.41, 5.74) is 7.07. The minimum absolute atomic E-state index is 0.185. The number of allylic oxidation sites excluding steroid dienone is 6. The van der Waals surface area contributed by atoms with Gasteiger partial charge in [0.25, 0.3) is 0 Å². The molecule has 0 radical (unpaired) electrons. The first-order valence-electron chi connectivity index (χ1n) is 9.73. The lowest BCUT2D eigenvalue weighted by Crippen LogP contribution is -2.17. The predicted octanol–water partition coefficient (Wildman–Crippen LogP) is 7.85. The molecule has 0 saturated carbocycles. The van der Waals surface area contributed by atoms with Crippen LogP contribution in [-0.4, -0.2) is 0 Å². The molecule has 0 fully saturated rings. The van der Waals surface area contributed by atoms with E-state index in [0.29, 0.717) is 0 Å². The summed E-state index contributed by atoms with van der Waals surface area (Å²) in [6.45, 7) is 23.6. The first-order valence-corrected chi connectivity index (χ1v) is 9.73. The zero-order valence-corrected chi connectivity index (χ0v) is 18.1. The van der Waals surface area contributed by atoms with E-state index < -0.39 is 0 Å². The van der Waals surface area contributed by atoms with Gasteiger partial charge >= 0.3 is 0 Å². The van der Waals surface area contributed by atoms with Crippen LogP contribution in [0.15, 0.2) is 66.8 Å². The van der Waals surface area contributed by atoms with Gasteiger partial charge in [0, 0.05) is 0 Å². The highest BCUT2D eigenvalue weighted by molar-refractivity contribution is 5.37. The molecule has 26 heavy (non-hydrogen) atoms. The van der Waals surface area contributed by atoms with Crippen LogP contribution in [0.2, 0.25) is 0 Å². The fraction of sp³-hybridized carbons (Fsp3) is 0.462. The number of hydrogen-bond acceptors (Lipinski definition) is 0. The molecule has 0 atom stereocenters. The van der Waals surface area contributed by atoms with Gasteiger partial charge in [-0.1, -0.05) is 103 Å². The number of aryl methyl sites for hydroxylation is 1. The van der Waals surface area contributed by atoms with Crippen LogP contribution in [0.3, 0.4) is 0 Å². The minimum atomic E-state index is 0.185. The fourth-order valence-corrected chi connectivity index (χ4v) is 2.76. The molecular weight excluding hydrogens is 312 g/mol. The summed E-state index contributed by atoms with van der Waals surface area (Å²) in [5.74, 6) is 0. The molecule has 0 N–H and O–H groups in total. The molecule has 142 valence electrons. The summed E-state index contributed by atoms with van der Waals surface area (Å²) in [7, 11) is 0. The van der Waals surface area contributed by atoms with Gasteiger partial charge in [0.05, 0.1) is 0 Å². The Kier molecular flexibility index (Phi) is 7.87. The minimum Gasteiger partial charge on any atom is -0.0985 e. The van der Waals surface area contributed by atoms with Crippen molar-refractivity contribution in [2.45, 2.75) is 78.6 Å². The highest BCUT2D eigenvalue weighted by Crippen LogP contribution is 2.30. The van der Waals surface area contributed by atoms with E-state index >= 15 is 0 Å². The maximum Gasteiger partial charge on any atom is -0.0132 e. The summed E-state index contributed by atoms with van der Waals surface area (Å²) in [6.07, 6.45) is 11.4. The van der Waals surface area contributed by atoms with Crippen molar-refractivity contribution >= 4 is 0 Å². The van der Waals surface area contributed by atoms with Gasteiger partial charge in [-0.2, -0.15) is 0 Å². The van der Waals surface area contributed by atoms with Crippen molar-refractivity contribution in [3.05, 3.63) is 83.5 Å². The molecule has 1 aromatic carbocycles. The van der Waals surface area contributed by atoms with Crippen LogP contribution in [-0.2, 0) is 17.3 Å². The van der Waals surface area contributed by atoms with Crippen LogP contribution in [0.5, 0.6) is 0 Å². The smallest absolute Gasteiger partial charge is 0.0132 e. The second-order valence-electron chi connectivity index (χ2n) is 9.42. The monoisotopic (exact) mass is 350 g/mol. The summed E-state index contributed by atoms with van der Waals surface area (Å²) in [4.78, 5) is 0. The third-order valence-corrected chi connectivity index (χ3v) is 4.71. The van der Waals surface area contributed by atoms with Crippen LogP contribution >= 0.6 is 0 Å². The van der Waals surface area contributed by atoms with Crippen LogP contribution in [0.25, 0.3) is 0 Å². The Morgan fingerprint density at radius 1 is 0.962 bits per heavy atom. The molecule has 0 aromatic heterocycles. The van der Waals surface area contributed by atoms with Crippen molar-refractivity contribution < 1.29 is 0 Å². The van der Waals surface area contributed by atoms with Gasteiger partial charge in [-0.3, -0.25) is 0 Å². The molecule has 0 unspecified atom stereocenters. The first kappa shape index (κ1) is 22.2. The van der Waals surface area contributed by atoms with Crippen molar-refractivity contribution in [1.29, 1.82) is 0 Å². The summed E-state index contributed by atoms with van der Waals surface area (Å²) in [5, 5.41) is 0. The molecular formula is C26H38. The maximum atomic E-state index is 3.89. The maximum absolute atomic E-state index is 3.89. The molecule has 0 aliphatic heterocycles. The Bertz CT molecular complexity index is 649. The van der Waals surface area contributed by atoms with Gasteiger partial charge in [0.15, 0.2) is 0 Å². The number of benzene rings is 1. The summed E-state index contributed by atoms with van der Waals surface area (Å²) in [6, 6.07) is 7.20. The largest absolute Gasteiger partial charge is 0.0985 e. The summed E-state index contributed by atoms with van der Waals surface area (Å²) >= 11 is 0. The third-order valence-electron chi connectivity index (χ3n) is 4.71. The Morgan fingerprint density at radius 2 is 1.50 bits per heavy atom. The normalized spacial score (nSPS) is 13.3. The Labute approximate surface area is 162 Å². The van der Waals surface area contributed by atoms with E-state index in [1.165, 1.54) is 28.7 Å². The van der Waals surface area contributed by atoms with E-state index in [-0.39, 0.29) is 10.8 Å². The van der Waals surface area contributed by atoms with E-state index in [1.54, 1.807) is 6.08 Å². The van der Waals surface area contributed by atoms with Gasteiger partial charge in [0.1, 0.15) is 0 Å². The summed E-state index contributed by atoms with van der Waals surface area (Å²) < 4.78 is 0.